The van der Waals surface area contributed by atoms with Gasteiger partial charge in [-0.25, -0.2) is 0 Å². The Labute approximate surface area is 141 Å². The van der Waals surface area contributed by atoms with Crippen LogP contribution in [0.3, 0.4) is 0 Å². The van der Waals surface area contributed by atoms with Gasteiger partial charge in [-0.05, 0) is 43.7 Å². The zero-order valence-electron chi connectivity index (χ0n) is 13.8. The van der Waals surface area contributed by atoms with Crippen LogP contribution in [0, 0.1) is 5.92 Å². The van der Waals surface area contributed by atoms with E-state index in [1.165, 1.54) is 12.8 Å². The van der Waals surface area contributed by atoms with E-state index < -0.39 is 0 Å². The van der Waals surface area contributed by atoms with E-state index in [1.807, 2.05) is 17.0 Å². The Morgan fingerprint density at radius 3 is 2.79 bits per heavy atom. The number of nitrogens with zero attached hydrogens (tertiary/aromatic N) is 3. The third-order valence-electron chi connectivity index (χ3n) is 5.39. The Morgan fingerprint density at radius 2 is 2.12 bits per heavy atom. The normalized spacial score (nSPS) is 23.6. The van der Waals surface area contributed by atoms with Crippen molar-refractivity contribution in [3.05, 3.63) is 24.5 Å². The molecule has 0 atom stereocenters. The minimum absolute atomic E-state index is 0.0270. The van der Waals surface area contributed by atoms with Gasteiger partial charge < -0.3 is 14.5 Å². The Balaban J connectivity index is 1.41. The van der Waals surface area contributed by atoms with Gasteiger partial charge in [0.05, 0.1) is 24.0 Å². The molecule has 0 aromatic carbocycles. The summed E-state index contributed by atoms with van der Waals surface area (Å²) >= 11 is 0. The van der Waals surface area contributed by atoms with Crippen LogP contribution < -0.4 is 4.90 Å². The molecule has 3 heterocycles. The molecule has 24 heavy (non-hydrogen) atoms. The molecule has 1 spiro atoms. The molecule has 1 aromatic rings. The van der Waals surface area contributed by atoms with E-state index in [-0.39, 0.29) is 24.0 Å². The number of hydrogen-bond acceptors (Lipinski definition) is 4. The molecule has 6 nitrogen and oxygen atoms in total. The highest BCUT2D eigenvalue weighted by molar-refractivity contribution is 5.95. The van der Waals surface area contributed by atoms with Gasteiger partial charge in [0.25, 0.3) is 5.91 Å². The van der Waals surface area contributed by atoms with Crippen molar-refractivity contribution < 1.29 is 14.3 Å². The Kier molecular flexibility index (Phi) is 4.00. The van der Waals surface area contributed by atoms with Crippen molar-refractivity contribution in [2.45, 2.75) is 37.7 Å². The molecule has 128 valence electrons. The molecule has 1 aromatic heterocycles. The summed E-state index contributed by atoms with van der Waals surface area (Å²) in [5.41, 5.74) is 0.484. The van der Waals surface area contributed by atoms with Crippen LogP contribution in [0.1, 0.15) is 32.1 Å². The molecule has 2 aliphatic heterocycles. The second kappa shape index (κ2) is 6.16. The quantitative estimate of drug-likeness (QED) is 0.845. The summed E-state index contributed by atoms with van der Waals surface area (Å²) in [6.07, 6.45) is 8.10. The highest BCUT2D eigenvalue weighted by Gasteiger charge is 2.43. The molecule has 2 saturated heterocycles. The van der Waals surface area contributed by atoms with E-state index in [9.17, 15) is 9.59 Å². The van der Waals surface area contributed by atoms with Gasteiger partial charge in [0.1, 0.15) is 6.61 Å². The lowest BCUT2D eigenvalue weighted by Crippen LogP contribution is -2.59. The molecule has 1 saturated carbocycles. The molecular weight excluding hydrogens is 306 g/mol. The number of piperidine rings is 1. The first-order valence-corrected chi connectivity index (χ1v) is 8.77. The fourth-order valence-corrected chi connectivity index (χ4v) is 3.63. The molecule has 3 fully saturated rings. The summed E-state index contributed by atoms with van der Waals surface area (Å²) in [5, 5.41) is 0. The van der Waals surface area contributed by atoms with Crippen molar-refractivity contribution >= 4 is 17.5 Å². The highest BCUT2D eigenvalue weighted by atomic mass is 16.5. The van der Waals surface area contributed by atoms with E-state index in [0.717, 1.165) is 31.6 Å². The van der Waals surface area contributed by atoms with Gasteiger partial charge >= 0.3 is 0 Å². The second-order valence-corrected chi connectivity index (χ2v) is 7.19. The monoisotopic (exact) mass is 329 g/mol. The van der Waals surface area contributed by atoms with Crippen LogP contribution in [0.2, 0.25) is 0 Å². The van der Waals surface area contributed by atoms with Gasteiger partial charge in [-0.3, -0.25) is 14.6 Å². The van der Waals surface area contributed by atoms with Crippen LogP contribution in [0.25, 0.3) is 0 Å². The zero-order chi connectivity index (χ0) is 16.6. The number of aromatic nitrogens is 1. The molecule has 0 N–H and O–H groups in total. The van der Waals surface area contributed by atoms with Crippen LogP contribution in [0.15, 0.2) is 24.5 Å². The zero-order valence-corrected chi connectivity index (χ0v) is 13.8. The Hall–Kier alpha value is -1.95. The maximum Gasteiger partial charge on any atom is 0.253 e. The van der Waals surface area contributed by atoms with E-state index in [0.29, 0.717) is 18.9 Å². The van der Waals surface area contributed by atoms with Crippen molar-refractivity contribution in [3.63, 3.8) is 0 Å². The lowest BCUT2D eigenvalue weighted by atomic mass is 9.89. The fraction of sp³-hybridized carbons (Fsp3) is 0.611. The summed E-state index contributed by atoms with van der Waals surface area (Å²) in [5.74, 6) is 0.877. The molecule has 0 bridgehead atoms. The summed E-state index contributed by atoms with van der Waals surface area (Å²) in [6.45, 7) is 2.09. The third-order valence-corrected chi connectivity index (χ3v) is 5.39. The minimum atomic E-state index is -0.333. The predicted molar refractivity (Wildman–Crippen MR) is 88.4 cm³/mol. The number of likely N-dealkylation sites (tertiary alicyclic amines) is 1. The Morgan fingerprint density at radius 1 is 1.33 bits per heavy atom. The number of ether oxygens (including phenoxy) is 1. The molecule has 0 unspecified atom stereocenters. The fourth-order valence-electron chi connectivity index (χ4n) is 3.63. The SMILES string of the molecule is O=C(CC1CC1)N1CCC2(CC1)CN(c1cccnc1)C(=O)CO2. The number of pyridine rings is 1. The van der Waals surface area contributed by atoms with Gasteiger partial charge in [0, 0.05) is 25.7 Å². The average Bonchev–Trinajstić information content (AvgIpc) is 3.43. The lowest BCUT2D eigenvalue weighted by molar-refractivity contribution is -0.150. The van der Waals surface area contributed by atoms with Crippen LogP contribution in [0.5, 0.6) is 0 Å². The first-order valence-electron chi connectivity index (χ1n) is 8.77. The second-order valence-electron chi connectivity index (χ2n) is 7.19. The Bertz CT molecular complexity index is 622. The number of amides is 2. The molecule has 2 amide bonds. The van der Waals surface area contributed by atoms with Gasteiger partial charge in [0.15, 0.2) is 0 Å². The van der Waals surface area contributed by atoms with Gasteiger partial charge in [-0.1, -0.05) is 0 Å². The number of hydrogen-bond donors (Lipinski definition) is 0. The average molecular weight is 329 g/mol. The van der Waals surface area contributed by atoms with Gasteiger partial charge in [-0.2, -0.15) is 0 Å². The standard InChI is InChI=1S/C18H23N3O3/c22-16(10-14-3-4-14)20-8-5-18(6-9-20)13-21(17(23)12-24-18)15-2-1-7-19-11-15/h1-2,7,11,14H,3-6,8-10,12-13H2. The number of carbonyl (C=O) groups excluding carboxylic acids is 2. The minimum Gasteiger partial charge on any atom is -0.363 e. The van der Waals surface area contributed by atoms with Gasteiger partial charge in [-0.15, -0.1) is 0 Å². The summed E-state index contributed by atoms with van der Waals surface area (Å²) in [6, 6.07) is 3.74. The van der Waals surface area contributed by atoms with E-state index in [1.54, 1.807) is 17.3 Å². The maximum atomic E-state index is 12.3. The number of morpholine rings is 1. The van der Waals surface area contributed by atoms with Crippen LogP contribution in [-0.2, 0) is 14.3 Å². The topological polar surface area (TPSA) is 62.7 Å². The number of rotatable bonds is 3. The van der Waals surface area contributed by atoms with E-state index >= 15 is 0 Å². The first kappa shape index (κ1) is 15.6. The summed E-state index contributed by atoms with van der Waals surface area (Å²) < 4.78 is 5.94. The molecular formula is C18H23N3O3. The first-order chi connectivity index (χ1) is 11.7. The van der Waals surface area contributed by atoms with Crippen molar-refractivity contribution in [1.82, 2.24) is 9.88 Å². The molecule has 3 aliphatic rings. The van der Waals surface area contributed by atoms with Crippen LogP contribution in [-0.4, -0.2) is 53.5 Å². The molecule has 6 heteroatoms. The van der Waals surface area contributed by atoms with Crippen molar-refractivity contribution in [2.24, 2.45) is 5.92 Å². The number of carbonyl (C=O) groups is 2. The summed E-state index contributed by atoms with van der Waals surface area (Å²) in [7, 11) is 0. The molecule has 1 aliphatic carbocycles. The van der Waals surface area contributed by atoms with Gasteiger partial charge in [0.2, 0.25) is 5.91 Å². The smallest absolute Gasteiger partial charge is 0.253 e. The third kappa shape index (κ3) is 3.15. The lowest BCUT2D eigenvalue weighted by Gasteiger charge is -2.46. The number of anilines is 1. The molecule has 4 rings (SSSR count). The predicted octanol–water partition coefficient (Wildman–Crippen LogP) is 1.61. The van der Waals surface area contributed by atoms with Crippen LogP contribution >= 0.6 is 0 Å². The largest absolute Gasteiger partial charge is 0.363 e. The van der Waals surface area contributed by atoms with Crippen LogP contribution in [0.4, 0.5) is 5.69 Å². The van der Waals surface area contributed by atoms with Crippen molar-refractivity contribution in [1.29, 1.82) is 0 Å². The maximum absolute atomic E-state index is 12.3. The van der Waals surface area contributed by atoms with E-state index in [4.69, 9.17) is 4.74 Å². The van der Waals surface area contributed by atoms with Crippen molar-refractivity contribution in [3.8, 4) is 0 Å². The van der Waals surface area contributed by atoms with Crippen molar-refractivity contribution in [2.75, 3.05) is 31.1 Å². The highest BCUT2D eigenvalue weighted by Crippen LogP contribution is 2.35. The summed E-state index contributed by atoms with van der Waals surface area (Å²) in [4.78, 5) is 32.4. The van der Waals surface area contributed by atoms with E-state index in [2.05, 4.69) is 4.98 Å². The molecule has 0 radical (unpaired) electrons.